The van der Waals surface area contributed by atoms with Crippen LogP contribution in [0.5, 0.6) is 0 Å². The van der Waals surface area contributed by atoms with E-state index in [2.05, 4.69) is 33.8 Å². The lowest BCUT2D eigenvalue weighted by atomic mass is 9.65. The molecule has 1 saturated heterocycles. The zero-order valence-corrected chi connectivity index (χ0v) is 12.8. The Labute approximate surface area is 121 Å². The highest BCUT2D eigenvalue weighted by Gasteiger charge is 2.56. The van der Waals surface area contributed by atoms with E-state index in [9.17, 15) is 0 Å². The highest BCUT2D eigenvalue weighted by Crippen LogP contribution is 2.44. The van der Waals surface area contributed by atoms with Crippen LogP contribution in [-0.4, -0.2) is 30.5 Å². The van der Waals surface area contributed by atoms with Crippen molar-refractivity contribution in [3.05, 3.63) is 23.9 Å². The van der Waals surface area contributed by atoms with Crippen LogP contribution in [0.15, 0.2) is 23.9 Å². The van der Waals surface area contributed by atoms with Gasteiger partial charge in [-0.05, 0) is 46.6 Å². The van der Waals surface area contributed by atoms with Gasteiger partial charge in [0, 0.05) is 5.70 Å². The van der Waals surface area contributed by atoms with Crippen LogP contribution in [0.1, 0.15) is 40.5 Å². The summed E-state index contributed by atoms with van der Waals surface area (Å²) in [6.45, 7) is 8.23. The lowest BCUT2D eigenvalue weighted by molar-refractivity contribution is 0.00578. The zero-order valence-electron chi connectivity index (χ0n) is 12.8. The van der Waals surface area contributed by atoms with Gasteiger partial charge in [0.1, 0.15) is 0 Å². The van der Waals surface area contributed by atoms with E-state index in [-0.39, 0.29) is 30.2 Å². The Morgan fingerprint density at radius 3 is 2.35 bits per heavy atom. The molecule has 0 amide bonds. The number of nitrogens with two attached hydrogens (primary N) is 1. The Hall–Kier alpha value is -0.775. The van der Waals surface area contributed by atoms with Crippen LogP contribution >= 0.6 is 0 Å². The van der Waals surface area contributed by atoms with Crippen molar-refractivity contribution in [3.63, 3.8) is 0 Å². The minimum absolute atomic E-state index is 0.0535. The summed E-state index contributed by atoms with van der Waals surface area (Å²) in [4.78, 5) is 0. The fourth-order valence-corrected chi connectivity index (χ4v) is 2.60. The molecule has 1 aliphatic heterocycles. The standard InChI is InChI=1S/C15H24BNO3/c1-14(2)15(3,4)20-16(19-14)13-11(17)6-5-7-12(13)18-10-8-9-10/h5-7,10,12-13H,8-9,17H2,1-4H3. The first-order valence-corrected chi connectivity index (χ1v) is 7.45. The lowest BCUT2D eigenvalue weighted by Crippen LogP contribution is -2.41. The smallest absolute Gasteiger partial charge is 0.403 e. The van der Waals surface area contributed by atoms with E-state index < -0.39 is 0 Å². The molecule has 2 N–H and O–H groups in total. The number of rotatable bonds is 3. The summed E-state index contributed by atoms with van der Waals surface area (Å²) in [7, 11) is -0.357. The molecule has 2 unspecified atom stereocenters. The molecule has 0 spiro atoms. The van der Waals surface area contributed by atoms with E-state index >= 15 is 0 Å². The van der Waals surface area contributed by atoms with Crippen LogP contribution in [0.4, 0.5) is 0 Å². The van der Waals surface area contributed by atoms with Gasteiger partial charge in [-0.2, -0.15) is 0 Å². The molecule has 1 saturated carbocycles. The third-order valence-corrected chi connectivity index (χ3v) is 4.77. The number of hydrogen-bond donors (Lipinski definition) is 1. The van der Waals surface area contributed by atoms with Gasteiger partial charge in [0.15, 0.2) is 0 Å². The molecular formula is C15H24BNO3. The fourth-order valence-electron chi connectivity index (χ4n) is 2.60. The molecule has 0 aromatic heterocycles. The average molecular weight is 277 g/mol. The van der Waals surface area contributed by atoms with E-state index in [4.69, 9.17) is 19.8 Å². The van der Waals surface area contributed by atoms with Crippen molar-refractivity contribution in [3.8, 4) is 0 Å². The molecule has 110 valence electrons. The number of allylic oxidation sites excluding steroid dienone is 2. The summed E-state index contributed by atoms with van der Waals surface area (Å²) in [5.41, 5.74) is 6.28. The van der Waals surface area contributed by atoms with Gasteiger partial charge in [0.25, 0.3) is 0 Å². The molecule has 20 heavy (non-hydrogen) atoms. The maximum Gasteiger partial charge on any atom is 0.470 e. The summed E-state index contributed by atoms with van der Waals surface area (Å²) < 4.78 is 18.4. The molecule has 0 aromatic rings. The summed E-state index contributed by atoms with van der Waals surface area (Å²) in [5, 5.41) is 0. The molecule has 2 aliphatic carbocycles. The molecule has 3 rings (SSSR count). The Morgan fingerprint density at radius 2 is 1.80 bits per heavy atom. The minimum atomic E-state index is -0.357. The van der Waals surface area contributed by atoms with Crippen molar-refractivity contribution in [2.75, 3.05) is 0 Å². The molecule has 2 fully saturated rings. The highest BCUT2D eigenvalue weighted by molar-refractivity contribution is 6.48. The zero-order chi connectivity index (χ0) is 14.5. The normalized spacial score (nSPS) is 35.2. The third kappa shape index (κ3) is 2.43. The van der Waals surface area contributed by atoms with Crippen LogP contribution in [0.25, 0.3) is 0 Å². The van der Waals surface area contributed by atoms with Crippen molar-refractivity contribution in [1.29, 1.82) is 0 Å². The van der Waals surface area contributed by atoms with Gasteiger partial charge in [-0.15, -0.1) is 0 Å². The second kappa shape index (κ2) is 4.62. The largest absolute Gasteiger partial charge is 0.470 e. The molecule has 0 aromatic carbocycles. The van der Waals surface area contributed by atoms with Gasteiger partial charge in [-0.1, -0.05) is 12.2 Å². The second-order valence-corrected chi connectivity index (χ2v) is 7.00. The van der Waals surface area contributed by atoms with Gasteiger partial charge in [0.2, 0.25) is 0 Å². The van der Waals surface area contributed by atoms with E-state index in [1.54, 1.807) is 0 Å². The Kier molecular flexibility index (Phi) is 3.27. The number of ether oxygens (including phenoxy) is 1. The quantitative estimate of drug-likeness (QED) is 0.805. The van der Waals surface area contributed by atoms with Crippen LogP contribution in [-0.2, 0) is 14.0 Å². The topological polar surface area (TPSA) is 53.7 Å². The fraction of sp³-hybridized carbons (Fsp3) is 0.733. The summed E-state index contributed by atoms with van der Waals surface area (Å²) >= 11 is 0. The van der Waals surface area contributed by atoms with Crippen molar-refractivity contribution in [2.24, 2.45) is 5.73 Å². The third-order valence-electron chi connectivity index (χ3n) is 4.77. The predicted octanol–water partition coefficient (Wildman–Crippen LogP) is 2.41. The monoisotopic (exact) mass is 277 g/mol. The van der Waals surface area contributed by atoms with Crippen LogP contribution < -0.4 is 5.73 Å². The number of hydrogen-bond acceptors (Lipinski definition) is 4. The Morgan fingerprint density at radius 1 is 1.20 bits per heavy atom. The predicted molar refractivity (Wildman–Crippen MR) is 79.1 cm³/mol. The van der Waals surface area contributed by atoms with Crippen LogP contribution in [0.2, 0.25) is 5.82 Å². The van der Waals surface area contributed by atoms with Gasteiger partial charge in [-0.3, -0.25) is 0 Å². The van der Waals surface area contributed by atoms with Crippen molar-refractivity contribution in [2.45, 2.75) is 69.8 Å². The maximum atomic E-state index is 6.19. The van der Waals surface area contributed by atoms with Gasteiger partial charge >= 0.3 is 7.12 Å². The first kappa shape index (κ1) is 14.2. The summed E-state index contributed by atoms with van der Waals surface area (Å²) in [6.07, 6.45) is 8.55. The average Bonchev–Trinajstić information content (AvgIpc) is 3.07. The van der Waals surface area contributed by atoms with Gasteiger partial charge < -0.3 is 19.8 Å². The first-order valence-electron chi connectivity index (χ1n) is 7.45. The van der Waals surface area contributed by atoms with Gasteiger partial charge in [0.05, 0.1) is 29.2 Å². The van der Waals surface area contributed by atoms with E-state index in [0.717, 1.165) is 18.5 Å². The molecule has 4 nitrogen and oxygen atoms in total. The van der Waals surface area contributed by atoms with E-state index in [0.29, 0.717) is 6.10 Å². The summed E-state index contributed by atoms with van der Waals surface area (Å²) in [5.74, 6) is -0.0679. The highest BCUT2D eigenvalue weighted by atomic mass is 16.7. The molecule has 5 heteroatoms. The molecular weight excluding hydrogens is 253 g/mol. The van der Waals surface area contributed by atoms with Crippen molar-refractivity contribution < 1.29 is 14.0 Å². The SMILES string of the molecule is CC1(C)OB(C2C(N)=CC=CC2OC2CC2)OC1(C)C. The van der Waals surface area contributed by atoms with Crippen LogP contribution in [0, 0.1) is 0 Å². The van der Waals surface area contributed by atoms with Crippen LogP contribution in [0.3, 0.4) is 0 Å². The van der Waals surface area contributed by atoms with Gasteiger partial charge in [-0.25, -0.2) is 0 Å². The second-order valence-electron chi connectivity index (χ2n) is 7.00. The minimum Gasteiger partial charge on any atom is -0.403 e. The lowest BCUT2D eigenvalue weighted by Gasteiger charge is -2.32. The molecule has 1 heterocycles. The summed E-state index contributed by atoms with van der Waals surface area (Å²) in [6, 6.07) is 0. The van der Waals surface area contributed by atoms with Crippen molar-refractivity contribution in [1.82, 2.24) is 0 Å². The molecule has 0 bridgehead atoms. The maximum absolute atomic E-state index is 6.19. The molecule has 0 radical (unpaired) electrons. The van der Waals surface area contributed by atoms with Crippen molar-refractivity contribution >= 4 is 7.12 Å². The first-order chi connectivity index (χ1) is 9.30. The molecule has 3 aliphatic rings. The Balaban J connectivity index is 1.80. The van der Waals surface area contributed by atoms with E-state index in [1.165, 1.54) is 0 Å². The Bertz CT molecular complexity index is 438. The van der Waals surface area contributed by atoms with E-state index in [1.807, 2.05) is 12.2 Å². The molecule has 2 atom stereocenters.